The molecule has 0 saturated carbocycles. The lowest BCUT2D eigenvalue weighted by molar-refractivity contribution is -0.141. The summed E-state index contributed by atoms with van der Waals surface area (Å²) < 4.78 is 65.9. The second kappa shape index (κ2) is 8.73. The van der Waals surface area contributed by atoms with E-state index in [4.69, 9.17) is 9.47 Å². The standard InChI is InChI=1S/C21H20F4N4O3/c1-2-32-16-8-18-27-15(19(22)12-6-7-31-11-12)10-29(18)9-14(16)28-20(30)13-4-3-5-17(26-13)21(23,24)25/h3-5,8-10,12,19H,2,6-7,11H2,1H3,(H,28,30)/t12-,19-/m0/s1. The number of amides is 1. The van der Waals surface area contributed by atoms with Gasteiger partial charge in [0.15, 0.2) is 0 Å². The number of alkyl halides is 4. The Labute approximate surface area is 180 Å². The van der Waals surface area contributed by atoms with Crippen LogP contribution in [0, 0.1) is 5.92 Å². The number of rotatable bonds is 6. The molecule has 0 aliphatic carbocycles. The van der Waals surface area contributed by atoms with Crippen molar-refractivity contribution in [3.63, 3.8) is 0 Å². The molecular formula is C21H20F4N4O3. The average Bonchev–Trinajstić information content (AvgIpc) is 3.43. The zero-order chi connectivity index (χ0) is 22.9. The topological polar surface area (TPSA) is 77.8 Å². The molecule has 2 atom stereocenters. The van der Waals surface area contributed by atoms with E-state index in [0.29, 0.717) is 25.3 Å². The van der Waals surface area contributed by atoms with Crippen molar-refractivity contribution in [2.75, 3.05) is 25.1 Å². The fourth-order valence-corrected chi connectivity index (χ4v) is 3.47. The Morgan fingerprint density at radius 3 is 2.84 bits per heavy atom. The number of fused-ring (bicyclic) bond motifs is 1. The summed E-state index contributed by atoms with van der Waals surface area (Å²) in [5.74, 6) is -0.877. The van der Waals surface area contributed by atoms with E-state index < -0.39 is 29.6 Å². The van der Waals surface area contributed by atoms with Gasteiger partial charge < -0.3 is 19.2 Å². The summed E-state index contributed by atoms with van der Waals surface area (Å²) in [6.45, 7) is 2.83. The van der Waals surface area contributed by atoms with Crippen LogP contribution >= 0.6 is 0 Å². The molecule has 7 nitrogen and oxygen atoms in total. The van der Waals surface area contributed by atoms with Gasteiger partial charge in [-0.1, -0.05) is 6.07 Å². The normalized spacial score (nSPS) is 17.5. The van der Waals surface area contributed by atoms with E-state index in [0.717, 1.165) is 12.1 Å². The number of pyridine rings is 2. The lowest BCUT2D eigenvalue weighted by atomic mass is 10.0. The summed E-state index contributed by atoms with van der Waals surface area (Å²) in [7, 11) is 0. The molecule has 32 heavy (non-hydrogen) atoms. The maximum atomic E-state index is 14.8. The average molecular weight is 452 g/mol. The molecule has 3 aromatic rings. The van der Waals surface area contributed by atoms with E-state index in [1.54, 1.807) is 6.92 Å². The van der Waals surface area contributed by atoms with Gasteiger partial charge in [-0.3, -0.25) is 4.79 Å². The second-order valence-electron chi connectivity index (χ2n) is 7.30. The van der Waals surface area contributed by atoms with Crippen molar-refractivity contribution in [3.05, 3.63) is 53.7 Å². The number of anilines is 1. The smallest absolute Gasteiger partial charge is 0.433 e. The van der Waals surface area contributed by atoms with Crippen molar-refractivity contribution in [3.8, 4) is 5.75 Å². The maximum absolute atomic E-state index is 14.8. The van der Waals surface area contributed by atoms with Gasteiger partial charge in [-0.15, -0.1) is 0 Å². The molecule has 1 N–H and O–H groups in total. The van der Waals surface area contributed by atoms with Crippen molar-refractivity contribution in [2.45, 2.75) is 25.7 Å². The molecule has 0 radical (unpaired) electrons. The SMILES string of the molecule is CCOc1cc2nc([C@@H](F)[C@H]3CCOC3)cn2cc1NC(=O)c1cccc(C(F)(F)F)n1. The Hall–Kier alpha value is -3.21. The molecule has 1 amide bonds. The Morgan fingerprint density at radius 1 is 1.34 bits per heavy atom. The van der Waals surface area contributed by atoms with Gasteiger partial charge in [-0.05, 0) is 25.5 Å². The predicted molar refractivity (Wildman–Crippen MR) is 106 cm³/mol. The first kappa shape index (κ1) is 22.0. The molecule has 1 saturated heterocycles. The summed E-state index contributed by atoms with van der Waals surface area (Å²) >= 11 is 0. The molecule has 11 heteroatoms. The molecule has 1 aliphatic rings. The minimum Gasteiger partial charge on any atom is -0.491 e. The first-order valence-corrected chi connectivity index (χ1v) is 9.99. The van der Waals surface area contributed by atoms with Crippen LogP contribution in [0.3, 0.4) is 0 Å². The number of carbonyl (C=O) groups excluding carboxylic acids is 1. The third kappa shape index (κ3) is 4.52. The van der Waals surface area contributed by atoms with Crippen molar-refractivity contribution in [1.82, 2.24) is 14.4 Å². The number of carbonyl (C=O) groups is 1. The summed E-state index contributed by atoms with van der Waals surface area (Å²) in [6, 6.07) is 4.59. The highest BCUT2D eigenvalue weighted by atomic mass is 19.4. The fraction of sp³-hybridized carbons (Fsp3) is 0.381. The molecule has 0 aromatic carbocycles. The van der Waals surface area contributed by atoms with Gasteiger partial charge >= 0.3 is 6.18 Å². The van der Waals surface area contributed by atoms with Gasteiger partial charge in [0, 0.05) is 31.0 Å². The van der Waals surface area contributed by atoms with Gasteiger partial charge in [0.1, 0.15) is 34.6 Å². The molecular weight excluding hydrogens is 432 g/mol. The van der Waals surface area contributed by atoms with Gasteiger partial charge in [-0.25, -0.2) is 14.4 Å². The van der Waals surface area contributed by atoms with Crippen molar-refractivity contribution in [2.24, 2.45) is 5.92 Å². The van der Waals surface area contributed by atoms with Gasteiger partial charge in [-0.2, -0.15) is 13.2 Å². The minimum atomic E-state index is -4.67. The lowest BCUT2D eigenvalue weighted by Crippen LogP contribution is -2.17. The molecule has 1 fully saturated rings. The van der Waals surface area contributed by atoms with Crippen LogP contribution in [0.1, 0.15) is 41.4 Å². The molecule has 170 valence electrons. The maximum Gasteiger partial charge on any atom is 0.433 e. The number of ether oxygens (including phenoxy) is 2. The van der Waals surface area contributed by atoms with Crippen molar-refractivity contribution >= 4 is 17.2 Å². The van der Waals surface area contributed by atoms with Crippen LogP contribution in [-0.2, 0) is 10.9 Å². The monoisotopic (exact) mass is 452 g/mol. The lowest BCUT2D eigenvalue weighted by Gasteiger charge is -2.12. The number of nitrogens with one attached hydrogen (secondary N) is 1. The highest BCUT2D eigenvalue weighted by molar-refractivity contribution is 6.03. The highest BCUT2D eigenvalue weighted by Gasteiger charge is 2.33. The third-order valence-electron chi connectivity index (χ3n) is 5.05. The zero-order valence-corrected chi connectivity index (χ0v) is 17.0. The molecule has 4 heterocycles. The van der Waals surface area contributed by atoms with E-state index in [1.165, 1.54) is 28.9 Å². The van der Waals surface area contributed by atoms with E-state index in [-0.39, 0.29) is 29.7 Å². The van der Waals surface area contributed by atoms with Crippen LogP contribution in [0.15, 0.2) is 36.7 Å². The molecule has 3 aromatic heterocycles. The Bertz CT molecular complexity index is 1130. The van der Waals surface area contributed by atoms with Crippen LogP contribution < -0.4 is 10.1 Å². The Kier molecular flexibility index (Phi) is 6.00. The highest BCUT2D eigenvalue weighted by Crippen LogP contribution is 2.34. The van der Waals surface area contributed by atoms with E-state index >= 15 is 0 Å². The van der Waals surface area contributed by atoms with E-state index in [9.17, 15) is 22.4 Å². The van der Waals surface area contributed by atoms with E-state index in [2.05, 4.69) is 15.3 Å². The first-order valence-electron chi connectivity index (χ1n) is 9.99. The van der Waals surface area contributed by atoms with Gasteiger partial charge in [0.2, 0.25) is 0 Å². The van der Waals surface area contributed by atoms with Crippen LogP contribution in [0.5, 0.6) is 5.75 Å². The number of aromatic nitrogens is 3. The number of hydrogen-bond acceptors (Lipinski definition) is 5. The summed E-state index contributed by atoms with van der Waals surface area (Å²) in [5, 5.41) is 2.52. The summed E-state index contributed by atoms with van der Waals surface area (Å²) in [5.41, 5.74) is -0.758. The van der Waals surface area contributed by atoms with Gasteiger partial charge in [0.25, 0.3) is 5.91 Å². The Morgan fingerprint density at radius 2 is 2.16 bits per heavy atom. The molecule has 0 spiro atoms. The zero-order valence-electron chi connectivity index (χ0n) is 17.0. The molecule has 1 aliphatic heterocycles. The van der Waals surface area contributed by atoms with Crippen LogP contribution in [0.25, 0.3) is 5.65 Å². The number of nitrogens with zero attached hydrogens (tertiary/aromatic N) is 3. The Balaban J connectivity index is 1.63. The van der Waals surface area contributed by atoms with Gasteiger partial charge in [0.05, 0.1) is 18.9 Å². The first-order chi connectivity index (χ1) is 15.3. The van der Waals surface area contributed by atoms with Crippen LogP contribution in [0.4, 0.5) is 23.2 Å². The summed E-state index contributed by atoms with van der Waals surface area (Å²) in [6.07, 6.45) is -2.40. The molecule has 0 bridgehead atoms. The van der Waals surface area contributed by atoms with Crippen molar-refractivity contribution in [1.29, 1.82) is 0 Å². The number of halogens is 4. The van der Waals surface area contributed by atoms with Crippen LogP contribution in [0.2, 0.25) is 0 Å². The molecule has 4 rings (SSSR count). The second-order valence-corrected chi connectivity index (χ2v) is 7.30. The largest absolute Gasteiger partial charge is 0.491 e. The molecule has 0 unspecified atom stereocenters. The fourth-order valence-electron chi connectivity index (χ4n) is 3.47. The third-order valence-corrected chi connectivity index (χ3v) is 5.05. The van der Waals surface area contributed by atoms with Crippen molar-refractivity contribution < 1.29 is 31.8 Å². The van der Waals surface area contributed by atoms with Crippen LogP contribution in [-0.4, -0.2) is 40.1 Å². The van der Waals surface area contributed by atoms with E-state index in [1.807, 2.05) is 0 Å². The predicted octanol–water partition coefficient (Wildman–Crippen LogP) is 4.45. The quantitative estimate of drug-likeness (QED) is 0.560. The number of imidazole rings is 1. The summed E-state index contributed by atoms with van der Waals surface area (Å²) in [4.78, 5) is 20.3. The number of hydrogen-bond donors (Lipinski definition) is 1. The minimum absolute atomic E-state index is 0.187.